The summed E-state index contributed by atoms with van der Waals surface area (Å²) in [7, 11) is 3.60. The van der Waals surface area contributed by atoms with Crippen molar-refractivity contribution in [3.05, 3.63) is 12.4 Å². The van der Waals surface area contributed by atoms with Crippen molar-refractivity contribution in [2.75, 3.05) is 44.7 Å². The van der Waals surface area contributed by atoms with Crippen LogP contribution in [0.25, 0.3) is 0 Å². The normalized spacial score (nSPS) is 19.9. The molecule has 0 radical (unpaired) electrons. The molecule has 8 nitrogen and oxygen atoms in total. The van der Waals surface area contributed by atoms with E-state index in [0.29, 0.717) is 32.3 Å². The van der Waals surface area contributed by atoms with Crippen molar-refractivity contribution in [1.82, 2.24) is 20.0 Å². The zero-order valence-corrected chi connectivity index (χ0v) is 15.9. The number of amides is 1. The molecule has 2 fully saturated rings. The molecular weight excluding hydrogens is 332 g/mol. The third-order valence-corrected chi connectivity index (χ3v) is 5.03. The van der Waals surface area contributed by atoms with Gasteiger partial charge in [-0.05, 0) is 12.8 Å². The molecule has 0 atom stereocenters. The smallest absolute Gasteiger partial charge is 0.246 e. The zero-order chi connectivity index (χ0) is 18.4. The molecule has 0 unspecified atom stereocenters. The Labute approximate surface area is 155 Å². The summed E-state index contributed by atoms with van der Waals surface area (Å²) in [6.45, 7) is 3.07. The van der Waals surface area contributed by atoms with Crippen molar-refractivity contribution >= 4 is 17.6 Å². The van der Waals surface area contributed by atoms with Crippen molar-refractivity contribution in [3.8, 4) is 0 Å². The Morgan fingerprint density at radius 3 is 2.81 bits per heavy atom. The minimum atomic E-state index is 0.0608. The molecule has 2 aliphatic rings. The topological polar surface area (TPSA) is 75.0 Å². The molecule has 0 spiro atoms. The lowest BCUT2D eigenvalue weighted by Crippen LogP contribution is -2.55. The standard InChI is InChI=1S/C18H30N6O2/c1-19-18(20-8-11-26-16-6-4-3-5-7-16)23-9-10-24(17(25)14-23)15-12-21-22(2)13-15/h12-13,16H,3-11,14H2,1-2H3,(H,19,20). The molecule has 1 aromatic heterocycles. The molecule has 144 valence electrons. The second kappa shape index (κ2) is 9.02. The van der Waals surface area contributed by atoms with Gasteiger partial charge in [0, 0.05) is 39.9 Å². The number of hydrogen-bond acceptors (Lipinski definition) is 4. The van der Waals surface area contributed by atoms with Gasteiger partial charge in [0.25, 0.3) is 0 Å². The number of aryl methyl sites for hydroxylation is 1. The quantitative estimate of drug-likeness (QED) is 0.480. The van der Waals surface area contributed by atoms with Crippen molar-refractivity contribution in [3.63, 3.8) is 0 Å². The summed E-state index contributed by atoms with van der Waals surface area (Å²) >= 11 is 0. The van der Waals surface area contributed by atoms with Crippen molar-refractivity contribution in [2.24, 2.45) is 12.0 Å². The van der Waals surface area contributed by atoms with Crippen LogP contribution in [0.3, 0.4) is 0 Å². The molecule has 0 aromatic carbocycles. The first-order valence-corrected chi connectivity index (χ1v) is 9.53. The summed E-state index contributed by atoms with van der Waals surface area (Å²) < 4.78 is 7.65. The van der Waals surface area contributed by atoms with Crippen LogP contribution >= 0.6 is 0 Å². The van der Waals surface area contributed by atoms with Gasteiger partial charge in [-0.15, -0.1) is 0 Å². The number of nitrogens with one attached hydrogen (secondary N) is 1. The maximum atomic E-state index is 12.5. The van der Waals surface area contributed by atoms with Crippen LogP contribution in [0.1, 0.15) is 32.1 Å². The second-order valence-corrected chi connectivity index (χ2v) is 6.94. The van der Waals surface area contributed by atoms with Crippen molar-refractivity contribution < 1.29 is 9.53 Å². The highest BCUT2D eigenvalue weighted by molar-refractivity contribution is 5.98. The Balaban J connectivity index is 1.43. The van der Waals surface area contributed by atoms with E-state index in [2.05, 4.69) is 15.4 Å². The fourth-order valence-electron chi connectivity index (χ4n) is 3.63. The van der Waals surface area contributed by atoms with E-state index in [1.165, 1.54) is 32.1 Å². The van der Waals surface area contributed by atoms with Crippen molar-refractivity contribution in [2.45, 2.75) is 38.2 Å². The van der Waals surface area contributed by atoms with E-state index in [4.69, 9.17) is 4.74 Å². The predicted molar refractivity (Wildman–Crippen MR) is 101 cm³/mol. The molecule has 1 saturated heterocycles. The number of carbonyl (C=O) groups is 1. The van der Waals surface area contributed by atoms with E-state index in [-0.39, 0.29) is 5.91 Å². The number of hydrogen-bond donors (Lipinski definition) is 1. The van der Waals surface area contributed by atoms with E-state index in [1.54, 1.807) is 22.8 Å². The number of carbonyl (C=O) groups excluding carboxylic acids is 1. The number of ether oxygens (including phenoxy) is 1. The molecule has 26 heavy (non-hydrogen) atoms. The fourth-order valence-corrected chi connectivity index (χ4v) is 3.63. The van der Waals surface area contributed by atoms with Crippen LogP contribution in [0.2, 0.25) is 0 Å². The average molecular weight is 362 g/mol. The molecule has 1 amide bonds. The monoisotopic (exact) mass is 362 g/mol. The summed E-state index contributed by atoms with van der Waals surface area (Å²) in [5, 5.41) is 7.47. The maximum Gasteiger partial charge on any atom is 0.246 e. The fraction of sp³-hybridized carbons (Fsp3) is 0.722. The van der Waals surface area contributed by atoms with Gasteiger partial charge in [-0.3, -0.25) is 14.5 Å². The van der Waals surface area contributed by atoms with Gasteiger partial charge in [-0.1, -0.05) is 19.3 Å². The van der Waals surface area contributed by atoms with Crippen LogP contribution in [0, 0.1) is 0 Å². The molecule has 2 heterocycles. The molecule has 1 saturated carbocycles. The van der Waals surface area contributed by atoms with E-state index in [9.17, 15) is 4.79 Å². The summed E-state index contributed by atoms with van der Waals surface area (Å²) in [6.07, 6.45) is 10.3. The first-order chi connectivity index (χ1) is 12.7. The minimum absolute atomic E-state index is 0.0608. The predicted octanol–water partition coefficient (Wildman–Crippen LogP) is 0.993. The first kappa shape index (κ1) is 18.7. The van der Waals surface area contributed by atoms with Gasteiger partial charge in [0.15, 0.2) is 5.96 Å². The van der Waals surface area contributed by atoms with E-state index in [1.807, 2.05) is 18.1 Å². The summed E-state index contributed by atoms with van der Waals surface area (Å²) in [5.74, 6) is 0.821. The SMILES string of the molecule is CN=C(NCCOC1CCCCC1)N1CCN(c2cnn(C)c2)C(=O)C1. The number of anilines is 1. The number of aromatic nitrogens is 2. The molecule has 1 aromatic rings. The van der Waals surface area contributed by atoms with E-state index in [0.717, 1.165) is 18.2 Å². The third-order valence-electron chi connectivity index (χ3n) is 5.03. The largest absolute Gasteiger partial charge is 0.376 e. The average Bonchev–Trinajstić information content (AvgIpc) is 3.08. The molecule has 1 aliphatic heterocycles. The highest BCUT2D eigenvalue weighted by Gasteiger charge is 2.27. The highest BCUT2D eigenvalue weighted by Crippen LogP contribution is 2.20. The Morgan fingerprint density at radius 2 is 2.15 bits per heavy atom. The van der Waals surface area contributed by atoms with Crippen LogP contribution in [0.15, 0.2) is 17.4 Å². The maximum absolute atomic E-state index is 12.5. The summed E-state index contributed by atoms with van der Waals surface area (Å²) in [5.41, 5.74) is 0.848. The van der Waals surface area contributed by atoms with E-state index >= 15 is 0 Å². The van der Waals surface area contributed by atoms with Crippen LogP contribution in [0.5, 0.6) is 0 Å². The lowest BCUT2D eigenvalue weighted by atomic mass is 9.98. The van der Waals surface area contributed by atoms with Crippen LogP contribution in [-0.4, -0.2) is 72.5 Å². The Kier molecular flexibility index (Phi) is 6.49. The van der Waals surface area contributed by atoms with Crippen LogP contribution < -0.4 is 10.2 Å². The number of rotatable bonds is 5. The summed E-state index contributed by atoms with van der Waals surface area (Å²) in [4.78, 5) is 20.6. The highest BCUT2D eigenvalue weighted by atomic mass is 16.5. The number of piperazine rings is 1. The Hall–Kier alpha value is -2.09. The van der Waals surface area contributed by atoms with Gasteiger partial charge in [0.2, 0.25) is 5.91 Å². The van der Waals surface area contributed by atoms with Gasteiger partial charge in [-0.25, -0.2) is 0 Å². The van der Waals surface area contributed by atoms with Gasteiger partial charge < -0.3 is 19.9 Å². The van der Waals surface area contributed by atoms with Crippen LogP contribution in [-0.2, 0) is 16.6 Å². The molecule has 1 N–H and O–H groups in total. The third kappa shape index (κ3) is 4.75. The van der Waals surface area contributed by atoms with Crippen LogP contribution in [0.4, 0.5) is 5.69 Å². The minimum Gasteiger partial charge on any atom is -0.376 e. The van der Waals surface area contributed by atoms with Gasteiger partial charge in [-0.2, -0.15) is 5.10 Å². The molecule has 8 heteroatoms. The lowest BCUT2D eigenvalue weighted by Gasteiger charge is -2.35. The zero-order valence-electron chi connectivity index (χ0n) is 15.9. The van der Waals surface area contributed by atoms with E-state index < -0.39 is 0 Å². The second-order valence-electron chi connectivity index (χ2n) is 6.94. The lowest BCUT2D eigenvalue weighted by molar-refractivity contribution is -0.120. The van der Waals surface area contributed by atoms with Gasteiger partial charge in [0.05, 0.1) is 24.6 Å². The molecule has 3 rings (SSSR count). The summed E-state index contributed by atoms with van der Waals surface area (Å²) in [6, 6.07) is 0. The van der Waals surface area contributed by atoms with Gasteiger partial charge >= 0.3 is 0 Å². The van der Waals surface area contributed by atoms with Crippen molar-refractivity contribution in [1.29, 1.82) is 0 Å². The first-order valence-electron chi connectivity index (χ1n) is 9.53. The number of guanidine groups is 1. The Morgan fingerprint density at radius 1 is 1.35 bits per heavy atom. The Bertz CT molecular complexity index is 623. The van der Waals surface area contributed by atoms with Gasteiger partial charge in [0.1, 0.15) is 6.54 Å². The molecule has 1 aliphatic carbocycles. The number of aliphatic imine (C=N–C) groups is 1. The molecule has 0 bridgehead atoms. The number of nitrogens with zero attached hydrogens (tertiary/aromatic N) is 5. The molecular formula is C18H30N6O2.